The van der Waals surface area contributed by atoms with E-state index >= 15 is 0 Å². The summed E-state index contributed by atoms with van der Waals surface area (Å²) in [6.45, 7) is 0. The van der Waals surface area contributed by atoms with Crippen molar-refractivity contribution >= 4 is 34.4 Å². The topological polar surface area (TPSA) is 62.8 Å². The van der Waals surface area contributed by atoms with Crippen LogP contribution in [-0.4, -0.2) is 21.5 Å². The summed E-state index contributed by atoms with van der Waals surface area (Å²) < 4.78 is 0. The summed E-state index contributed by atoms with van der Waals surface area (Å²) in [6.07, 6.45) is 4.25. The number of thioether (sulfide) groups is 1. The molecule has 1 N–H and O–H groups in total. The van der Waals surface area contributed by atoms with Gasteiger partial charge in [0.25, 0.3) is 0 Å². The Bertz CT molecular complexity index is 680. The fourth-order valence-electron chi connectivity index (χ4n) is 1.64. The third-order valence-electron chi connectivity index (χ3n) is 2.50. The van der Waals surface area contributed by atoms with Crippen LogP contribution >= 0.6 is 11.8 Å². The molecule has 18 heavy (non-hydrogen) atoms. The first-order valence-corrected chi connectivity index (χ1v) is 6.15. The Morgan fingerprint density at radius 1 is 1.06 bits per heavy atom. The van der Waals surface area contributed by atoms with Gasteiger partial charge < -0.3 is 4.98 Å². The second kappa shape index (κ2) is 4.27. The predicted octanol–water partition coefficient (Wildman–Crippen LogP) is 2.25. The summed E-state index contributed by atoms with van der Waals surface area (Å²) in [5.41, 5.74) is 1.82. The zero-order valence-electron chi connectivity index (χ0n) is 9.21. The highest BCUT2D eigenvalue weighted by molar-refractivity contribution is 8.03. The summed E-state index contributed by atoms with van der Waals surface area (Å²) in [5, 5.41) is 0.703. The van der Waals surface area contributed by atoms with Gasteiger partial charge in [-0.3, -0.25) is 9.59 Å². The van der Waals surface area contributed by atoms with E-state index in [1.165, 1.54) is 23.9 Å². The Hall–Kier alpha value is -2.14. The molecule has 1 heterocycles. The average Bonchev–Trinajstić information content (AvgIpc) is 2.76. The van der Waals surface area contributed by atoms with Crippen molar-refractivity contribution in [2.45, 2.75) is 5.16 Å². The number of carbonyl (C=O) groups is 2. The van der Waals surface area contributed by atoms with E-state index in [-0.39, 0.29) is 0 Å². The number of rotatable bonds is 2. The predicted molar refractivity (Wildman–Crippen MR) is 69.2 cm³/mol. The van der Waals surface area contributed by atoms with Gasteiger partial charge in [-0.05, 0) is 24.3 Å². The zero-order chi connectivity index (χ0) is 12.5. The minimum absolute atomic E-state index is 0.482. The number of nitrogens with one attached hydrogen (secondary N) is 1. The number of imidazole rings is 1. The second-order valence-electron chi connectivity index (χ2n) is 3.77. The summed E-state index contributed by atoms with van der Waals surface area (Å²) >= 11 is 1.33. The van der Waals surface area contributed by atoms with E-state index in [1.54, 1.807) is 6.08 Å². The first kappa shape index (κ1) is 11.0. The molecule has 4 nitrogen and oxygen atoms in total. The molecule has 5 heteroatoms. The van der Waals surface area contributed by atoms with Crippen LogP contribution < -0.4 is 0 Å². The Labute approximate surface area is 107 Å². The van der Waals surface area contributed by atoms with E-state index < -0.39 is 11.6 Å². The molecule has 2 aromatic rings. The van der Waals surface area contributed by atoms with Crippen LogP contribution in [0.4, 0.5) is 0 Å². The molecule has 0 unspecified atom stereocenters. The molecule has 1 aliphatic rings. The number of hydrogen-bond acceptors (Lipinski definition) is 4. The molecule has 0 saturated heterocycles. The van der Waals surface area contributed by atoms with Crippen LogP contribution in [0, 0.1) is 0 Å². The lowest BCUT2D eigenvalue weighted by Crippen LogP contribution is -2.10. The van der Waals surface area contributed by atoms with E-state index in [1.807, 2.05) is 24.3 Å². The normalized spacial score (nSPS) is 15.2. The van der Waals surface area contributed by atoms with Crippen molar-refractivity contribution in [3.63, 3.8) is 0 Å². The standard InChI is InChI=1S/C13H8N2O2S/c16-11-6-5-8(7-12(11)17)18-13-14-9-3-1-2-4-10(9)15-13/h1-7H,(H,14,15). The summed E-state index contributed by atoms with van der Waals surface area (Å²) in [7, 11) is 0. The largest absolute Gasteiger partial charge is 0.333 e. The number of carbonyl (C=O) groups excluding carboxylic acids is 2. The van der Waals surface area contributed by atoms with E-state index in [9.17, 15) is 9.59 Å². The SMILES string of the molecule is O=C1C=CC(Sc2nc3ccccc3[nH]2)=CC1=O. The highest BCUT2D eigenvalue weighted by Gasteiger charge is 2.15. The maximum Gasteiger partial charge on any atom is 0.226 e. The number of hydrogen-bond donors (Lipinski definition) is 1. The van der Waals surface area contributed by atoms with E-state index in [2.05, 4.69) is 9.97 Å². The average molecular weight is 256 g/mol. The lowest BCUT2D eigenvalue weighted by Gasteiger charge is -2.02. The summed E-state index contributed by atoms with van der Waals surface area (Å²) in [5.74, 6) is -0.972. The lowest BCUT2D eigenvalue weighted by atomic mass is 10.1. The number of aromatic amines is 1. The van der Waals surface area contributed by atoms with E-state index in [4.69, 9.17) is 0 Å². The van der Waals surface area contributed by atoms with Crippen molar-refractivity contribution in [2.75, 3.05) is 0 Å². The van der Waals surface area contributed by atoms with Crippen molar-refractivity contribution in [3.8, 4) is 0 Å². The quantitative estimate of drug-likeness (QED) is 0.661. The maximum atomic E-state index is 11.2. The second-order valence-corrected chi connectivity index (χ2v) is 4.83. The molecular formula is C13H8N2O2S. The van der Waals surface area contributed by atoms with E-state index in [0.29, 0.717) is 10.1 Å². The van der Waals surface area contributed by atoms with Crippen molar-refractivity contribution in [1.29, 1.82) is 0 Å². The van der Waals surface area contributed by atoms with Crippen molar-refractivity contribution in [3.05, 3.63) is 47.4 Å². The van der Waals surface area contributed by atoms with Gasteiger partial charge in [-0.2, -0.15) is 0 Å². The van der Waals surface area contributed by atoms with Crippen LogP contribution in [-0.2, 0) is 9.59 Å². The first-order chi connectivity index (χ1) is 8.72. The summed E-state index contributed by atoms with van der Waals surface area (Å²) in [6, 6.07) is 7.69. The molecule has 88 valence electrons. The lowest BCUT2D eigenvalue weighted by molar-refractivity contribution is -0.131. The molecule has 0 bridgehead atoms. The molecule has 0 fully saturated rings. The van der Waals surface area contributed by atoms with Gasteiger partial charge in [0.1, 0.15) is 0 Å². The minimum Gasteiger partial charge on any atom is -0.333 e. The summed E-state index contributed by atoms with van der Waals surface area (Å²) in [4.78, 5) is 30.5. The fourth-order valence-corrected chi connectivity index (χ4v) is 2.47. The van der Waals surface area contributed by atoms with Gasteiger partial charge in [-0.15, -0.1) is 0 Å². The Morgan fingerprint density at radius 3 is 2.67 bits per heavy atom. The highest BCUT2D eigenvalue weighted by atomic mass is 32.2. The molecule has 0 spiro atoms. The molecule has 1 aromatic carbocycles. The van der Waals surface area contributed by atoms with Crippen LogP contribution in [0.15, 0.2) is 52.6 Å². The number of para-hydroxylation sites is 2. The molecule has 0 saturated carbocycles. The molecule has 0 aliphatic heterocycles. The van der Waals surface area contributed by atoms with Crippen molar-refractivity contribution in [1.82, 2.24) is 9.97 Å². The third kappa shape index (κ3) is 2.00. The van der Waals surface area contributed by atoms with Crippen molar-refractivity contribution < 1.29 is 9.59 Å². The molecule has 1 aromatic heterocycles. The Morgan fingerprint density at radius 2 is 1.89 bits per heavy atom. The molecular weight excluding hydrogens is 248 g/mol. The highest BCUT2D eigenvalue weighted by Crippen LogP contribution is 2.28. The van der Waals surface area contributed by atoms with Gasteiger partial charge in [-0.25, -0.2) is 4.98 Å². The number of nitrogens with zero attached hydrogens (tertiary/aromatic N) is 1. The van der Waals surface area contributed by atoms with Crippen LogP contribution in [0.2, 0.25) is 0 Å². The maximum absolute atomic E-state index is 11.2. The Balaban J connectivity index is 1.89. The molecule has 0 amide bonds. The van der Waals surface area contributed by atoms with Crippen LogP contribution in [0.5, 0.6) is 0 Å². The number of H-pyrrole nitrogens is 1. The molecule has 0 atom stereocenters. The third-order valence-corrected chi connectivity index (χ3v) is 3.37. The number of allylic oxidation sites excluding steroid dienone is 3. The van der Waals surface area contributed by atoms with Gasteiger partial charge in [0, 0.05) is 11.0 Å². The number of benzene rings is 1. The Kier molecular flexibility index (Phi) is 2.60. The van der Waals surface area contributed by atoms with Crippen LogP contribution in [0.3, 0.4) is 0 Å². The molecule has 1 aliphatic carbocycles. The van der Waals surface area contributed by atoms with Crippen LogP contribution in [0.1, 0.15) is 0 Å². The first-order valence-electron chi connectivity index (χ1n) is 5.33. The van der Waals surface area contributed by atoms with Crippen molar-refractivity contribution in [2.24, 2.45) is 0 Å². The van der Waals surface area contributed by atoms with Gasteiger partial charge >= 0.3 is 0 Å². The van der Waals surface area contributed by atoms with E-state index in [0.717, 1.165) is 11.0 Å². The van der Waals surface area contributed by atoms with Gasteiger partial charge in [0.2, 0.25) is 11.6 Å². The van der Waals surface area contributed by atoms with Gasteiger partial charge in [0.05, 0.1) is 11.0 Å². The van der Waals surface area contributed by atoms with Gasteiger partial charge in [0.15, 0.2) is 5.16 Å². The number of fused-ring (bicyclic) bond motifs is 1. The molecule has 3 rings (SSSR count). The molecule has 0 radical (unpaired) electrons. The van der Waals surface area contributed by atoms with Gasteiger partial charge in [-0.1, -0.05) is 23.9 Å². The minimum atomic E-state index is -0.490. The number of ketones is 2. The zero-order valence-corrected chi connectivity index (χ0v) is 10.0. The monoisotopic (exact) mass is 256 g/mol. The smallest absolute Gasteiger partial charge is 0.226 e. The number of aromatic nitrogens is 2. The van der Waals surface area contributed by atoms with Crippen LogP contribution in [0.25, 0.3) is 11.0 Å². The fraction of sp³-hybridized carbons (Fsp3) is 0.